The van der Waals surface area contributed by atoms with Gasteiger partial charge in [-0.1, -0.05) is 29.3 Å². The summed E-state index contributed by atoms with van der Waals surface area (Å²) in [5, 5.41) is 2.86. The molecule has 0 bridgehead atoms. The second-order valence-corrected chi connectivity index (χ2v) is 8.09. The van der Waals surface area contributed by atoms with E-state index in [0.29, 0.717) is 0 Å². The molecular formula is C17H21NO4S. The van der Waals surface area contributed by atoms with Gasteiger partial charge in [-0.2, -0.15) is 0 Å². The molecule has 2 rings (SSSR count). The molecule has 2 aromatic rings. The number of nitrogens with one attached hydrogen (secondary N) is 1. The zero-order chi connectivity index (χ0) is 17.2. The fourth-order valence-corrected chi connectivity index (χ4v) is 3.12. The maximum absolute atomic E-state index is 12.2. The third-order valence-corrected chi connectivity index (χ3v) is 4.19. The van der Waals surface area contributed by atoms with E-state index in [1.54, 1.807) is 0 Å². The van der Waals surface area contributed by atoms with Gasteiger partial charge in [0.05, 0.1) is 6.04 Å². The predicted octanol–water partition coefficient (Wildman–Crippen LogP) is 2.93. The molecule has 23 heavy (non-hydrogen) atoms. The molecule has 0 aliphatic heterocycles. The van der Waals surface area contributed by atoms with Crippen molar-refractivity contribution >= 4 is 15.7 Å². The number of aryl methyl sites for hydroxylation is 2. The van der Waals surface area contributed by atoms with Gasteiger partial charge >= 0.3 is 0 Å². The average Bonchev–Trinajstić information content (AvgIpc) is 2.83. The molecule has 0 spiro atoms. The van der Waals surface area contributed by atoms with Gasteiger partial charge in [0.25, 0.3) is 5.91 Å². The fourth-order valence-electron chi connectivity index (χ4n) is 2.45. The van der Waals surface area contributed by atoms with Crippen LogP contribution in [0.15, 0.2) is 34.7 Å². The van der Waals surface area contributed by atoms with Crippen LogP contribution >= 0.6 is 0 Å². The van der Waals surface area contributed by atoms with Crippen LogP contribution in [0.2, 0.25) is 0 Å². The molecule has 1 aromatic carbocycles. The monoisotopic (exact) mass is 335 g/mol. The van der Waals surface area contributed by atoms with E-state index in [1.165, 1.54) is 12.1 Å². The van der Waals surface area contributed by atoms with Gasteiger partial charge in [0.2, 0.25) is 0 Å². The summed E-state index contributed by atoms with van der Waals surface area (Å²) in [6, 6.07) is 8.94. The first-order chi connectivity index (χ1) is 10.6. The number of benzene rings is 1. The lowest BCUT2D eigenvalue weighted by Crippen LogP contribution is -2.26. The van der Waals surface area contributed by atoms with Crippen molar-refractivity contribution in [2.45, 2.75) is 32.6 Å². The maximum atomic E-state index is 12.2. The van der Waals surface area contributed by atoms with Crippen LogP contribution in [-0.4, -0.2) is 20.6 Å². The summed E-state index contributed by atoms with van der Waals surface area (Å²) in [5.41, 5.74) is 3.28. The van der Waals surface area contributed by atoms with Crippen LogP contribution in [0.5, 0.6) is 0 Å². The van der Waals surface area contributed by atoms with Crippen LogP contribution in [0.3, 0.4) is 0 Å². The Hall–Kier alpha value is -2.08. The average molecular weight is 335 g/mol. The summed E-state index contributed by atoms with van der Waals surface area (Å²) in [7, 11) is -3.19. The van der Waals surface area contributed by atoms with Crippen LogP contribution in [0, 0.1) is 13.8 Å². The molecule has 0 saturated carbocycles. The summed E-state index contributed by atoms with van der Waals surface area (Å²) in [6.07, 6.45) is 1.12. The second kappa shape index (κ2) is 6.58. The number of furan rings is 1. The Morgan fingerprint density at radius 3 is 2.35 bits per heavy atom. The van der Waals surface area contributed by atoms with E-state index in [9.17, 15) is 13.2 Å². The van der Waals surface area contributed by atoms with Crippen molar-refractivity contribution in [3.63, 3.8) is 0 Å². The minimum atomic E-state index is -3.19. The van der Waals surface area contributed by atoms with Crippen LogP contribution in [-0.2, 0) is 15.6 Å². The van der Waals surface area contributed by atoms with E-state index >= 15 is 0 Å². The molecule has 0 aliphatic rings. The SMILES string of the molecule is Cc1cc(C)cc([C@H](C)NC(=O)c2ccc(CS(C)(=O)=O)o2)c1. The highest BCUT2D eigenvalue weighted by Crippen LogP contribution is 2.18. The number of sulfone groups is 1. The van der Waals surface area contributed by atoms with Gasteiger partial charge in [-0.25, -0.2) is 8.42 Å². The summed E-state index contributed by atoms with van der Waals surface area (Å²) in [6.45, 7) is 5.91. The van der Waals surface area contributed by atoms with Gasteiger partial charge in [-0.15, -0.1) is 0 Å². The molecule has 0 unspecified atom stereocenters. The number of hydrogen-bond acceptors (Lipinski definition) is 4. The van der Waals surface area contributed by atoms with E-state index in [4.69, 9.17) is 4.42 Å². The summed E-state index contributed by atoms with van der Waals surface area (Å²) in [5.74, 6) is -0.208. The molecule has 1 N–H and O–H groups in total. The number of amides is 1. The van der Waals surface area contributed by atoms with E-state index in [0.717, 1.165) is 22.9 Å². The van der Waals surface area contributed by atoms with Crippen LogP contribution in [0.25, 0.3) is 0 Å². The quantitative estimate of drug-likeness (QED) is 0.911. The lowest BCUT2D eigenvalue weighted by molar-refractivity contribution is 0.0910. The number of carbonyl (C=O) groups excluding carboxylic acids is 1. The van der Waals surface area contributed by atoms with E-state index in [2.05, 4.69) is 11.4 Å². The Bertz CT molecular complexity index is 801. The van der Waals surface area contributed by atoms with Gasteiger partial charge in [-0.05, 0) is 38.5 Å². The molecule has 1 amide bonds. The molecule has 124 valence electrons. The van der Waals surface area contributed by atoms with E-state index in [1.807, 2.05) is 32.9 Å². The Kier molecular flexibility index (Phi) is 4.94. The summed E-state index contributed by atoms with van der Waals surface area (Å²) >= 11 is 0. The Labute approximate surface area is 136 Å². The minimum absolute atomic E-state index is 0.111. The topological polar surface area (TPSA) is 76.4 Å². The third-order valence-electron chi connectivity index (χ3n) is 3.38. The van der Waals surface area contributed by atoms with Crippen molar-refractivity contribution in [2.75, 3.05) is 6.26 Å². The highest BCUT2D eigenvalue weighted by atomic mass is 32.2. The lowest BCUT2D eigenvalue weighted by atomic mass is 10.0. The Balaban J connectivity index is 2.09. The molecule has 0 fully saturated rings. The number of rotatable bonds is 5. The van der Waals surface area contributed by atoms with Crippen molar-refractivity contribution < 1.29 is 17.6 Å². The van der Waals surface area contributed by atoms with Crippen molar-refractivity contribution in [1.82, 2.24) is 5.32 Å². The van der Waals surface area contributed by atoms with Gasteiger partial charge in [0.15, 0.2) is 15.6 Å². The second-order valence-electron chi connectivity index (χ2n) is 5.95. The van der Waals surface area contributed by atoms with Crippen molar-refractivity contribution in [3.8, 4) is 0 Å². The first-order valence-corrected chi connectivity index (χ1v) is 9.35. The van der Waals surface area contributed by atoms with Gasteiger partial charge in [0, 0.05) is 6.26 Å². The highest BCUT2D eigenvalue weighted by Gasteiger charge is 2.17. The fraction of sp³-hybridized carbons (Fsp3) is 0.353. The van der Waals surface area contributed by atoms with Gasteiger partial charge in [0.1, 0.15) is 11.5 Å². The van der Waals surface area contributed by atoms with Crippen molar-refractivity contribution in [2.24, 2.45) is 0 Å². The first kappa shape index (κ1) is 17.3. The standard InChI is InChI=1S/C17H21NO4S/c1-11-7-12(2)9-14(8-11)13(3)18-17(19)16-6-5-15(22-16)10-23(4,20)21/h5-9,13H,10H2,1-4H3,(H,18,19)/t13-/m0/s1. The third kappa shape index (κ3) is 4.96. The summed E-state index contributed by atoms with van der Waals surface area (Å²) in [4.78, 5) is 12.2. The Morgan fingerprint density at radius 1 is 1.17 bits per heavy atom. The zero-order valence-corrected chi connectivity index (χ0v) is 14.5. The van der Waals surface area contributed by atoms with Crippen molar-refractivity contribution in [3.05, 3.63) is 58.5 Å². The molecule has 1 atom stereocenters. The molecule has 1 aromatic heterocycles. The van der Waals surface area contributed by atoms with Gasteiger partial charge in [-0.3, -0.25) is 4.79 Å². The van der Waals surface area contributed by atoms with E-state index < -0.39 is 9.84 Å². The normalized spacial score (nSPS) is 12.9. The van der Waals surface area contributed by atoms with Gasteiger partial charge < -0.3 is 9.73 Å². The Morgan fingerprint density at radius 2 is 1.78 bits per heavy atom. The molecule has 5 nitrogen and oxygen atoms in total. The first-order valence-electron chi connectivity index (χ1n) is 7.29. The van der Waals surface area contributed by atoms with Crippen molar-refractivity contribution in [1.29, 1.82) is 0 Å². The molecular weight excluding hydrogens is 314 g/mol. The largest absolute Gasteiger partial charge is 0.455 e. The smallest absolute Gasteiger partial charge is 0.287 e. The molecule has 0 radical (unpaired) electrons. The zero-order valence-electron chi connectivity index (χ0n) is 13.7. The lowest BCUT2D eigenvalue weighted by Gasteiger charge is -2.15. The highest BCUT2D eigenvalue weighted by molar-refractivity contribution is 7.89. The van der Waals surface area contributed by atoms with Crippen LogP contribution in [0.1, 0.15) is 46.0 Å². The van der Waals surface area contributed by atoms with Crippen LogP contribution in [0.4, 0.5) is 0 Å². The minimum Gasteiger partial charge on any atom is -0.455 e. The number of carbonyl (C=O) groups is 1. The number of hydrogen-bond donors (Lipinski definition) is 1. The molecule has 0 saturated heterocycles. The van der Waals surface area contributed by atoms with Crippen LogP contribution < -0.4 is 5.32 Å². The van der Waals surface area contributed by atoms with E-state index in [-0.39, 0.29) is 29.2 Å². The molecule has 6 heteroatoms. The maximum Gasteiger partial charge on any atom is 0.287 e. The molecule has 1 heterocycles. The molecule has 0 aliphatic carbocycles. The predicted molar refractivity (Wildman–Crippen MR) is 89.1 cm³/mol. The summed E-state index contributed by atoms with van der Waals surface area (Å²) < 4.78 is 27.8.